The van der Waals surface area contributed by atoms with Crippen LogP contribution >= 0.6 is 0 Å². The minimum Gasteiger partial charge on any atom is -0.396 e. The van der Waals surface area contributed by atoms with Crippen molar-refractivity contribution in [1.29, 1.82) is 0 Å². The van der Waals surface area contributed by atoms with Crippen LogP contribution in [0, 0.1) is 0 Å². The Labute approximate surface area is 95.7 Å². The highest BCUT2D eigenvalue weighted by atomic mass is 16.3. The van der Waals surface area contributed by atoms with Gasteiger partial charge >= 0.3 is 0 Å². The van der Waals surface area contributed by atoms with E-state index in [1.807, 2.05) is 19.1 Å². The second kappa shape index (κ2) is 6.95. The minimum atomic E-state index is 0.0183. The van der Waals surface area contributed by atoms with Gasteiger partial charge in [0.15, 0.2) is 0 Å². The Morgan fingerprint density at radius 1 is 1.62 bits per heavy atom. The summed E-state index contributed by atoms with van der Waals surface area (Å²) in [5.74, 6) is 0.0183. The van der Waals surface area contributed by atoms with Gasteiger partial charge in [-0.05, 0) is 31.4 Å². The van der Waals surface area contributed by atoms with Gasteiger partial charge in [0.1, 0.15) is 0 Å². The van der Waals surface area contributed by atoms with Crippen LogP contribution in [0.4, 0.5) is 0 Å². The first-order chi connectivity index (χ1) is 7.72. The summed E-state index contributed by atoms with van der Waals surface area (Å²) >= 11 is 0. The molecule has 16 heavy (non-hydrogen) atoms. The van der Waals surface area contributed by atoms with Crippen molar-refractivity contribution >= 4 is 5.91 Å². The maximum absolute atomic E-state index is 11.5. The van der Waals surface area contributed by atoms with Gasteiger partial charge in [-0.2, -0.15) is 0 Å². The molecule has 1 atom stereocenters. The Hall–Kier alpha value is -1.42. The monoisotopic (exact) mass is 222 g/mol. The average molecular weight is 222 g/mol. The summed E-state index contributed by atoms with van der Waals surface area (Å²) in [6.45, 7) is 1.99. The van der Waals surface area contributed by atoms with E-state index in [1.54, 1.807) is 12.4 Å². The van der Waals surface area contributed by atoms with Crippen LogP contribution in [-0.2, 0) is 11.2 Å². The van der Waals surface area contributed by atoms with Crippen molar-refractivity contribution in [2.75, 3.05) is 6.61 Å². The zero-order valence-corrected chi connectivity index (χ0v) is 9.52. The zero-order valence-electron chi connectivity index (χ0n) is 9.52. The Bertz CT molecular complexity index is 314. The summed E-state index contributed by atoms with van der Waals surface area (Å²) < 4.78 is 0. The number of carbonyl (C=O) groups excluding carboxylic acids is 1. The van der Waals surface area contributed by atoms with Crippen molar-refractivity contribution < 1.29 is 9.90 Å². The molecule has 0 saturated heterocycles. The Balaban J connectivity index is 2.25. The minimum absolute atomic E-state index is 0.0183. The number of carbonyl (C=O) groups is 1. The van der Waals surface area contributed by atoms with Crippen LogP contribution in [0.2, 0.25) is 0 Å². The van der Waals surface area contributed by atoms with Crippen LogP contribution in [0.3, 0.4) is 0 Å². The molecule has 0 radical (unpaired) electrons. The predicted octanol–water partition coefficient (Wildman–Crippen LogP) is 0.901. The van der Waals surface area contributed by atoms with E-state index in [0.29, 0.717) is 19.3 Å². The lowest BCUT2D eigenvalue weighted by Crippen LogP contribution is -2.33. The number of hydrogen-bond acceptors (Lipinski definition) is 3. The summed E-state index contributed by atoms with van der Waals surface area (Å²) in [4.78, 5) is 15.5. The highest BCUT2D eigenvalue weighted by molar-refractivity contribution is 5.76. The molecule has 0 saturated carbocycles. The van der Waals surface area contributed by atoms with Gasteiger partial charge < -0.3 is 10.4 Å². The topological polar surface area (TPSA) is 62.2 Å². The molecule has 1 amide bonds. The van der Waals surface area contributed by atoms with Crippen LogP contribution in [0.1, 0.15) is 25.3 Å². The molecule has 4 heteroatoms. The second-order valence-electron chi connectivity index (χ2n) is 3.84. The summed E-state index contributed by atoms with van der Waals surface area (Å²) in [6, 6.07) is 3.85. The van der Waals surface area contributed by atoms with Gasteiger partial charge in [0.25, 0.3) is 0 Å². The van der Waals surface area contributed by atoms with E-state index in [-0.39, 0.29) is 18.6 Å². The number of nitrogens with zero attached hydrogens (tertiary/aromatic N) is 1. The number of aliphatic hydroxyl groups excluding tert-OH is 1. The SMILES string of the molecule is CC(CCO)NC(=O)CCc1cccnc1. The molecule has 1 unspecified atom stereocenters. The number of pyridine rings is 1. The number of aromatic nitrogens is 1. The van der Waals surface area contributed by atoms with Gasteiger partial charge in [-0.1, -0.05) is 6.07 Å². The fraction of sp³-hybridized carbons (Fsp3) is 0.500. The molecular weight excluding hydrogens is 204 g/mol. The van der Waals surface area contributed by atoms with E-state index < -0.39 is 0 Å². The lowest BCUT2D eigenvalue weighted by atomic mass is 10.1. The van der Waals surface area contributed by atoms with Gasteiger partial charge in [0.2, 0.25) is 5.91 Å². The third-order valence-corrected chi connectivity index (χ3v) is 2.33. The lowest BCUT2D eigenvalue weighted by molar-refractivity contribution is -0.121. The zero-order chi connectivity index (χ0) is 11.8. The first kappa shape index (κ1) is 12.6. The lowest BCUT2D eigenvalue weighted by Gasteiger charge is -2.12. The van der Waals surface area contributed by atoms with Gasteiger partial charge in [-0.3, -0.25) is 9.78 Å². The van der Waals surface area contributed by atoms with Crippen LogP contribution in [0.5, 0.6) is 0 Å². The fourth-order valence-corrected chi connectivity index (χ4v) is 1.42. The van der Waals surface area contributed by atoms with Crippen molar-refractivity contribution in [3.8, 4) is 0 Å². The maximum atomic E-state index is 11.5. The number of nitrogens with one attached hydrogen (secondary N) is 1. The standard InChI is InChI=1S/C12H18N2O2/c1-10(6-8-15)14-12(16)5-4-11-3-2-7-13-9-11/h2-3,7,9-10,15H,4-6,8H2,1H3,(H,14,16). The number of aliphatic hydroxyl groups is 1. The average Bonchev–Trinajstić information content (AvgIpc) is 2.28. The normalized spacial score (nSPS) is 12.1. The molecule has 4 nitrogen and oxygen atoms in total. The first-order valence-corrected chi connectivity index (χ1v) is 5.51. The van der Waals surface area contributed by atoms with Crippen LogP contribution in [-0.4, -0.2) is 28.6 Å². The molecule has 1 rings (SSSR count). The van der Waals surface area contributed by atoms with E-state index >= 15 is 0 Å². The highest BCUT2D eigenvalue weighted by Gasteiger charge is 2.06. The third-order valence-electron chi connectivity index (χ3n) is 2.33. The Morgan fingerprint density at radius 2 is 2.44 bits per heavy atom. The summed E-state index contributed by atoms with van der Waals surface area (Å²) in [5, 5.41) is 11.5. The number of amides is 1. The predicted molar refractivity (Wildman–Crippen MR) is 61.9 cm³/mol. The number of rotatable bonds is 6. The smallest absolute Gasteiger partial charge is 0.220 e. The van der Waals surface area contributed by atoms with Crippen LogP contribution in [0.25, 0.3) is 0 Å². The van der Waals surface area contributed by atoms with Crippen LogP contribution in [0.15, 0.2) is 24.5 Å². The molecule has 1 aromatic rings. The molecule has 0 spiro atoms. The van der Waals surface area contributed by atoms with Gasteiger partial charge in [0.05, 0.1) is 0 Å². The molecule has 88 valence electrons. The molecule has 2 N–H and O–H groups in total. The summed E-state index contributed by atoms with van der Waals surface area (Å²) in [7, 11) is 0. The first-order valence-electron chi connectivity index (χ1n) is 5.51. The number of aryl methyl sites for hydroxylation is 1. The highest BCUT2D eigenvalue weighted by Crippen LogP contribution is 2.00. The third kappa shape index (κ3) is 4.89. The Morgan fingerprint density at radius 3 is 3.06 bits per heavy atom. The van der Waals surface area contributed by atoms with Gasteiger partial charge in [-0.15, -0.1) is 0 Å². The molecular formula is C12H18N2O2. The molecule has 0 fully saturated rings. The van der Waals surface area contributed by atoms with Gasteiger partial charge in [0, 0.05) is 31.5 Å². The molecule has 0 aliphatic heterocycles. The van der Waals surface area contributed by atoms with Gasteiger partial charge in [-0.25, -0.2) is 0 Å². The maximum Gasteiger partial charge on any atom is 0.220 e. The largest absolute Gasteiger partial charge is 0.396 e. The van der Waals surface area contributed by atoms with E-state index in [9.17, 15) is 4.79 Å². The molecule has 0 aromatic carbocycles. The van der Waals surface area contributed by atoms with Crippen molar-refractivity contribution in [3.05, 3.63) is 30.1 Å². The summed E-state index contributed by atoms with van der Waals surface area (Å²) in [5.41, 5.74) is 1.06. The van der Waals surface area contributed by atoms with E-state index in [1.165, 1.54) is 0 Å². The quantitative estimate of drug-likeness (QED) is 0.751. The summed E-state index contributed by atoms with van der Waals surface area (Å²) in [6.07, 6.45) is 5.24. The van der Waals surface area contributed by atoms with Crippen molar-refractivity contribution in [1.82, 2.24) is 10.3 Å². The fourth-order valence-electron chi connectivity index (χ4n) is 1.42. The van der Waals surface area contributed by atoms with Crippen molar-refractivity contribution in [2.24, 2.45) is 0 Å². The molecule has 1 heterocycles. The molecule has 0 aliphatic carbocycles. The number of hydrogen-bond donors (Lipinski definition) is 2. The van der Waals surface area contributed by atoms with Crippen LogP contribution < -0.4 is 5.32 Å². The van der Waals surface area contributed by atoms with E-state index in [4.69, 9.17) is 5.11 Å². The molecule has 0 bridgehead atoms. The second-order valence-corrected chi connectivity index (χ2v) is 3.84. The van der Waals surface area contributed by atoms with E-state index in [2.05, 4.69) is 10.3 Å². The molecule has 1 aromatic heterocycles. The van der Waals surface area contributed by atoms with Crippen molar-refractivity contribution in [3.63, 3.8) is 0 Å². The van der Waals surface area contributed by atoms with Crippen molar-refractivity contribution in [2.45, 2.75) is 32.2 Å². The Kier molecular flexibility index (Phi) is 5.50. The molecule has 0 aliphatic rings. The van der Waals surface area contributed by atoms with E-state index in [0.717, 1.165) is 5.56 Å².